The van der Waals surface area contributed by atoms with E-state index in [0.29, 0.717) is 42.8 Å². The molecule has 0 bridgehead atoms. The van der Waals surface area contributed by atoms with Crippen LogP contribution in [0.2, 0.25) is 5.02 Å². The first-order valence-electron chi connectivity index (χ1n) is 10.7. The molecule has 3 heterocycles. The highest BCUT2D eigenvalue weighted by atomic mass is 35.5. The lowest BCUT2D eigenvalue weighted by atomic mass is 10.0. The Morgan fingerprint density at radius 3 is 2.37 bits per heavy atom. The summed E-state index contributed by atoms with van der Waals surface area (Å²) in [6, 6.07) is 8.42. The molecule has 2 aliphatic heterocycles. The van der Waals surface area contributed by atoms with Gasteiger partial charge in [0.1, 0.15) is 22.5 Å². The van der Waals surface area contributed by atoms with Gasteiger partial charge in [-0.3, -0.25) is 9.59 Å². The van der Waals surface area contributed by atoms with E-state index < -0.39 is 12.1 Å². The number of aromatic nitrogens is 3. The number of likely N-dealkylation sites (tertiary alicyclic amines) is 2. The van der Waals surface area contributed by atoms with Crippen LogP contribution in [0.5, 0.6) is 11.5 Å². The van der Waals surface area contributed by atoms with Gasteiger partial charge in [-0.2, -0.15) is 15.4 Å². The molecule has 2 fully saturated rings. The van der Waals surface area contributed by atoms with Gasteiger partial charge in [0.25, 0.3) is 11.8 Å². The van der Waals surface area contributed by atoms with Gasteiger partial charge in [-0.1, -0.05) is 11.6 Å². The molecule has 0 aliphatic carbocycles. The lowest BCUT2D eigenvalue weighted by Gasteiger charge is -2.22. The summed E-state index contributed by atoms with van der Waals surface area (Å²) in [7, 11) is 0. The maximum Gasteiger partial charge on any atom is 0.573 e. The van der Waals surface area contributed by atoms with Crippen molar-refractivity contribution in [3.63, 3.8) is 0 Å². The topological polar surface area (TPSA) is 101 Å². The number of aromatic amines is 1. The fourth-order valence-electron chi connectivity index (χ4n) is 4.54. The number of fused-ring (bicyclic) bond motifs is 2. The fourth-order valence-corrected chi connectivity index (χ4v) is 4.77. The molecule has 5 rings (SSSR count). The molecule has 0 radical (unpaired) electrons. The number of amides is 2. The molecule has 2 aromatic carbocycles. The Kier molecular flexibility index (Phi) is 5.91. The van der Waals surface area contributed by atoms with E-state index in [1.807, 2.05) is 0 Å². The van der Waals surface area contributed by atoms with Crippen LogP contribution in [-0.4, -0.2) is 76.2 Å². The molecule has 2 saturated heterocycles. The largest absolute Gasteiger partial charge is 0.573 e. The highest BCUT2D eigenvalue weighted by Crippen LogP contribution is 2.34. The lowest BCUT2D eigenvalue weighted by molar-refractivity contribution is -0.274. The molecule has 3 aromatic rings. The number of hydrogen-bond acceptors (Lipinski definition) is 6. The van der Waals surface area contributed by atoms with Crippen molar-refractivity contribution in [1.82, 2.24) is 25.2 Å². The summed E-state index contributed by atoms with van der Waals surface area (Å²) >= 11 is 5.96. The number of rotatable bonds is 5. The summed E-state index contributed by atoms with van der Waals surface area (Å²) in [6.07, 6.45) is -4.83. The molecule has 35 heavy (non-hydrogen) atoms. The maximum atomic E-state index is 12.9. The summed E-state index contributed by atoms with van der Waals surface area (Å²) in [5.41, 5.74) is 1.84. The van der Waals surface area contributed by atoms with Crippen LogP contribution >= 0.6 is 11.6 Å². The van der Waals surface area contributed by atoms with Crippen molar-refractivity contribution in [3.8, 4) is 11.5 Å². The molecule has 2 atom stereocenters. The van der Waals surface area contributed by atoms with Crippen LogP contribution in [0.4, 0.5) is 13.2 Å². The van der Waals surface area contributed by atoms with E-state index in [1.54, 1.807) is 28.0 Å². The molecule has 2 unspecified atom stereocenters. The molecule has 0 saturated carbocycles. The van der Waals surface area contributed by atoms with Gasteiger partial charge in [-0.15, -0.1) is 13.2 Å². The number of benzene rings is 2. The summed E-state index contributed by atoms with van der Waals surface area (Å²) in [5, 5.41) is 10.4. The molecule has 2 aliphatic rings. The minimum atomic E-state index is -4.83. The van der Waals surface area contributed by atoms with Crippen LogP contribution in [0.25, 0.3) is 11.0 Å². The predicted octanol–water partition coefficient (Wildman–Crippen LogP) is 3.12. The van der Waals surface area contributed by atoms with E-state index in [1.165, 1.54) is 6.07 Å². The third-order valence-electron chi connectivity index (χ3n) is 6.18. The summed E-state index contributed by atoms with van der Waals surface area (Å²) < 4.78 is 46.2. The Labute approximate surface area is 201 Å². The molecular formula is C22H19ClF3N5O4. The number of H-pyrrole nitrogens is 1. The van der Waals surface area contributed by atoms with E-state index >= 15 is 0 Å². The normalized spacial score (nSPS) is 19.8. The number of alkyl halides is 3. The van der Waals surface area contributed by atoms with Crippen LogP contribution in [-0.2, 0) is 4.79 Å². The monoisotopic (exact) mass is 509 g/mol. The smallest absolute Gasteiger partial charge is 0.482 e. The van der Waals surface area contributed by atoms with Crippen molar-refractivity contribution in [2.45, 2.75) is 6.36 Å². The molecule has 1 aromatic heterocycles. The van der Waals surface area contributed by atoms with Crippen LogP contribution in [0.15, 0.2) is 36.4 Å². The first-order chi connectivity index (χ1) is 16.7. The number of ether oxygens (including phenoxy) is 2. The Hall–Kier alpha value is -3.54. The van der Waals surface area contributed by atoms with Gasteiger partial charge in [-0.25, -0.2) is 0 Å². The van der Waals surface area contributed by atoms with Gasteiger partial charge < -0.3 is 19.3 Å². The highest BCUT2D eigenvalue weighted by Gasteiger charge is 2.43. The van der Waals surface area contributed by atoms with Gasteiger partial charge in [0.2, 0.25) is 0 Å². The molecule has 0 spiro atoms. The van der Waals surface area contributed by atoms with Gasteiger partial charge >= 0.3 is 6.36 Å². The van der Waals surface area contributed by atoms with Crippen molar-refractivity contribution < 1.29 is 32.2 Å². The second kappa shape index (κ2) is 8.91. The molecule has 184 valence electrons. The van der Waals surface area contributed by atoms with Gasteiger partial charge in [0.05, 0.1) is 5.02 Å². The number of hydrogen-bond donors (Lipinski definition) is 1. The quantitative estimate of drug-likeness (QED) is 0.567. The van der Waals surface area contributed by atoms with E-state index in [2.05, 4.69) is 20.1 Å². The van der Waals surface area contributed by atoms with Crippen LogP contribution < -0.4 is 9.47 Å². The SMILES string of the molecule is O=C(COc1ccc(OC(F)(F)F)cc1Cl)N1CC2CN(C(=O)c3ccc4n[nH]nc4c3)CC2C1. The summed E-state index contributed by atoms with van der Waals surface area (Å²) in [6.45, 7) is 1.75. The van der Waals surface area contributed by atoms with E-state index in [0.717, 1.165) is 12.1 Å². The zero-order valence-electron chi connectivity index (χ0n) is 18.1. The Morgan fingerprint density at radius 1 is 1.00 bits per heavy atom. The predicted molar refractivity (Wildman–Crippen MR) is 117 cm³/mol. The zero-order valence-corrected chi connectivity index (χ0v) is 18.8. The highest BCUT2D eigenvalue weighted by molar-refractivity contribution is 6.32. The second-order valence-corrected chi connectivity index (χ2v) is 8.89. The van der Waals surface area contributed by atoms with Crippen LogP contribution in [0.1, 0.15) is 10.4 Å². The average molecular weight is 510 g/mol. The molecule has 1 N–H and O–H groups in total. The third-order valence-corrected chi connectivity index (χ3v) is 6.47. The van der Waals surface area contributed by atoms with Gasteiger partial charge in [0, 0.05) is 49.6 Å². The molecular weight excluding hydrogens is 491 g/mol. The number of halogens is 4. The first kappa shape index (κ1) is 23.2. The Balaban J connectivity index is 1.13. The summed E-state index contributed by atoms with van der Waals surface area (Å²) in [5.74, 6) is -0.441. The lowest BCUT2D eigenvalue weighted by Crippen LogP contribution is -2.37. The van der Waals surface area contributed by atoms with Crippen molar-refractivity contribution in [3.05, 3.63) is 47.0 Å². The van der Waals surface area contributed by atoms with Crippen LogP contribution in [0.3, 0.4) is 0 Å². The summed E-state index contributed by atoms with van der Waals surface area (Å²) in [4.78, 5) is 29.0. The van der Waals surface area contributed by atoms with Crippen molar-refractivity contribution in [2.24, 2.45) is 11.8 Å². The Morgan fingerprint density at radius 2 is 1.69 bits per heavy atom. The minimum absolute atomic E-state index is 0.0785. The standard InChI is InChI=1S/C22H19ClF3N5O4/c23-16-6-15(35-22(24,25)26)2-4-19(16)34-11-20(32)30-7-13-9-31(10-14(13)8-30)21(33)12-1-3-17-18(5-12)28-29-27-17/h1-6,13-14H,7-11H2,(H,27,28,29). The molecule has 13 heteroatoms. The van der Waals surface area contributed by atoms with Crippen LogP contribution in [0, 0.1) is 11.8 Å². The fraction of sp³-hybridized carbons (Fsp3) is 0.364. The average Bonchev–Trinajstić information content (AvgIpc) is 3.51. The zero-order chi connectivity index (χ0) is 24.7. The third kappa shape index (κ3) is 4.97. The number of nitrogens with one attached hydrogen (secondary N) is 1. The molecule has 2 amide bonds. The van der Waals surface area contributed by atoms with E-state index in [-0.39, 0.29) is 41.0 Å². The second-order valence-electron chi connectivity index (χ2n) is 8.48. The van der Waals surface area contributed by atoms with Crippen molar-refractivity contribution in [2.75, 3.05) is 32.8 Å². The van der Waals surface area contributed by atoms with Gasteiger partial charge in [0.15, 0.2) is 6.61 Å². The van der Waals surface area contributed by atoms with Crippen molar-refractivity contribution in [1.29, 1.82) is 0 Å². The number of nitrogens with zero attached hydrogens (tertiary/aromatic N) is 4. The Bertz CT molecular complexity index is 1270. The number of carbonyl (C=O) groups is 2. The number of carbonyl (C=O) groups excluding carboxylic acids is 2. The van der Waals surface area contributed by atoms with E-state index in [4.69, 9.17) is 16.3 Å². The minimum Gasteiger partial charge on any atom is -0.482 e. The van der Waals surface area contributed by atoms with Crippen molar-refractivity contribution >= 4 is 34.4 Å². The molecule has 9 nitrogen and oxygen atoms in total. The first-order valence-corrected chi connectivity index (χ1v) is 11.1. The van der Waals surface area contributed by atoms with Gasteiger partial charge in [-0.05, 0) is 30.3 Å². The maximum absolute atomic E-state index is 12.9. The van der Waals surface area contributed by atoms with E-state index in [9.17, 15) is 22.8 Å².